The minimum Gasteiger partial charge on any atom is -0.464 e. The molecule has 0 bridgehead atoms. The van der Waals surface area contributed by atoms with E-state index in [-0.39, 0.29) is 12.3 Å². The standard InChI is InChI=1S/C18H13ClN2O2S/c19-11-5-6-15-12(9-11)14-10-13(16-3-1-7-22-16)20-21(14)18(23-15)17-4-2-8-24-17/h1-9,14,18H,10H2. The molecule has 1 aromatic carbocycles. The van der Waals surface area contributed by atoms with Crippen molar-refractivity contribution in [3.63, 3.8) is 0 Å². The van der Waals surface area contributed by atoms with E-state index >= 15 is 0 Å². The summed E-state index contributed by atoms with van der Waals surface area (Å²) in [5, 5.41) is 9.60. The predicted octanol–water partition coefficient (Wildman–Crippen LogP) is 5.24. The van der Waals surface area contributed by atoms with Crippen LogP contribution in [0.1, 0.15) is 34.9 Å². The molecule has 0 radical (unpaired) electrons. The summed E-state index contributed by atoms with van der Waals surface area (Å²) in [6.45, 7) is 0. The van der Waals surface area contributed by atoms with Gasteiger partial charge in [0, 0.05) is 17.0 Å². The van der Waals surface area contributed by atoms with Crippen LogP contribution in [0.5, 0.6) is 5.75 Å². The van der Waals surface area contributed by atoms with Crippen LogP contribution in [0.15, 0.2) is 63.6 Å². The molecule has 2 aromatic heterocycles. The first-order valence-electron chi connectivity index (χ1n) is 7.69. The number of hydrogen-bond acceptors (Lipinski definition) is 5. The third-order valence-corrected chi connectivity index (χ3v) is 5.48. The highest BCUT2D eigenvalue weighted by Crippen LogP contribution is 2.48. The van der Waals surface area contributed by atoms with Crippen molar-refractivity contribution in [3.8, 4) is 5.75 Å². The van der Waals surface area contributed by atoms with Crippen LogP contribution in [0.2, 0.25) is 5.02 Å². The first-order valence-corrected chi connectivity index (χ1v) is 8.94. The molecule has 24 heavy (non-hydrogen) atoms. The van der Waals surface area contributed by atoms with E-state index in [0.717, 1.165) is 34.1 Å². The van der Waals surface area contributed by atoms with E-state index in [1.54, 1.807) is 17.6 Å². The van der Waals surface area contributed by atoms with E-state index in [4.69, 9.17) is 25.9 Å². The van der Waals surface area contributed by atoms with Crippen LogP contribution in [-0.2, 0) is 0 Å². The predicted molar refractivity (Wildman–Crippen MR) is 93.6 cm³/mol. The lowest BCUT2D eigenvalue weighted by atomic mass is 9.98. The van der Waals surface area contributed by atoms with Gasteiger partial charge in [0.2, 0.25) is 6.23 Å². The van der Waals surface area contributed by atoms with Gasteiger partial charge in [-0.2, -0.15) is 5.10 Å². The SMILES string of the molecule is Clc1ccc2c(c1)C1CC(c3ccco3)=NN1C(c1cccs1)O2. The molecule has 6 heteroatoms. The second-order valence-corrected chi connectivity index (χ2v) is 7.21. The zero-order valence-electron chi connectivity index (χ0n) is 12.6. The van der Waals surface area contributed by atoms with Gasteiger partial charge < -0.3 is 9.15 Å². The topological polar surface area (TPSA) is 38.0 Å². The molecule has 2 unspecified atom stereocenters. The van der Waals surface area contributed by atoms with Gasteiger partial charge in [-0.05, 0) is 41.8 Å². The van der Waals surface area contributed by atoms with Crippen molar-refractivity contribution in [2.24, 2.45) is 5.10 Å². The maximum Gasteiger partial charge on any atom is 0.222 e. The maximum absolute atomic E-state index is 6.25. The Balaban J connectivity index is 1.62. The summed E-state index contributed by atoms with van der Waals surface area (Å²) >= 11 is 7.88. The molecule has 0 saturated carbocycles. The quantitative estimate of drug-likeness (QED) is 0.630. The Morgan fingerprint density at radius 3 is 2.96 bits per heavy atom. The van der Waals surface area contributed by atoms with Crippen LogP contribution in [-0.4, -0.2) is 10.7 Å². The van der Waals surface area contributed by atoms with Gasteiger partial charge >= 0.3 is 0 Å². The van der Waals surface area contributed by atoms with Gasteiger partial charge in [-0.1, -0.05) is 17.7 Å². The van der Waals surface area contributed by atoms with Crippen molar-refractivity contribution in [1.82, 2.24) is 5.01 Å². The third kappa shape index (κ3) is 2.16. The average molecular weight is 357 g/mol. The fraction of sp³-hybridized carbons (Fsp3) is 0.167. The minimum atomic E-state index is -0.226. The Morgan fingerprint density at radius 2 is 2.17 bits per heavy atom. The molecular formula is C18H13ClN2O2S. The average Bonchev–Trinajstić information content (AvgIpc) is 3.33. The van der Waals surface area contributed by atoms with Crippen LogP contribution in [0.3, 0.4) is 0 Å². The molecule has 0 N–H and O–H groups in total. The molecule has 5 rings (SSSR count). The molecule has 2 aliphatic rings. The number of halogens is 1. The van der Waals surface area contributed by atoms with Crippen molar-refractivity contribution in [2.75, 3.05) is 0 Å². The molecule has 0 amide bonds. The van der Waals surface area contributed by atoms with E-state index in [1.165, 1.54) is 0 Å². The van der Waals surface area contributed by atoms with Crippen LogP contribution >= 0.6 is 22.9 Å². The molecule has 2 aliphatic heterocycles. The molecule has 4 nitrogen and oxygen atoms in total. The smallest absolute Gasteiger partial charge is 0.222 e. The lowest BCUT2D eigenvalue weighted by Gasteiger charge is -2.37. The van der Waals surface area contributed by atoms with Gasteiger partial charge in [0.25, 0.3) is 0 Å². The largest absolute Gasteiger partial charge is 0.464 e. The number of hydrogen-bond donors (Lipinski definition) is 0. The van der Waals surface area contributed by atoms with Gasteiger partial charge in [-0.3, -0.25) is 0 Å². The first kappa shape index (κ1) is 14.1. The monoisotopic (exact) mass is 356 g/mol. The normalized spacial score (nSPS) is 21.9. The molecule has 0 fully saturated rings. The van der Waals surface area contributed by atoms with E-state index in [1.807, 2.05) is 41.4 Å². The summed E-state index contributed by atoms with van der Waals surface area (Å²) in [5.41, 5.74) is 2.00. The molecule has 120 valence electrons. The first-order chi connectivity index (χ1) is 11.8. The summed E-state index contributed by atoms with van der Waals surface area (Å²) in [7, 11) is 0. The summed E-state index contributed by atoms with van der Waals surface area (Å²) < 4.78 is 11.8. The van der Waals surface area contributed by atoms with E-state index in [9.17, 15) is 0 Å². The zero-order chi connectivity index (χ0) is 16.1. The second kappa shape index (κ2) is 5.40. The Kier molecular flexibility index (Phi) is 3.18. The summed E-state index contributed by atoms with van der Waals surface area (Å²) in [6.07, 6.45) is 2.22. The van der Waals surface area contributed by atoms with Gasteiger partial charge in [-0.25, -0.2) is 5.01 Å². The van der Waals surface area contributed by atoms with Crippen LogP contribution in [0.4, 0.5) is 0 Å². The minimum absolute atomic E-state index is 0.0969. The fourth-order valence-corrected chi connectivity index (χ4v) is 4.19. The van der Waals surface area contributed by atoms with Gasteiger partial charge in [0.1, 0.15) is 17.2 Å². The molecule has 4 heterocycles. The lowest BCUT2D eigenvalue weighted by Crippen LogP contribution is -2.33. The van der Waals surface area contributed by atoms with Crippen molar-refractivity contribution < 1.29 is 9.15 Å². The number of furan rings is 1. The molecule has 0 spiro atoms. The summed E-state index contributed by atoms with van der Waals surface area (Å²) in [6, 6.07) is 13.8. The Hall–Kier alpha value is -2.24. The Labute approximate surface area is 147 Å². The fourth-order valence-electron chi connectivity index (χ4n) is 3.27. The summed E-state index contributed by atoms with van der Waals surface area (Å²) in [4.78, 5) is 1.13. The molecule has 0 saturated heterocycles. The number of nitrogens with zero attached hydrogens (tertiary/aromatic N) is 2. The van der Waals surface area contributed by atoms with Crippen LogP contribution in [0, 0.1) is 0 Å². The van der Waals surface area contributed by atoms with Crippen LogP contribution in [0.25, 0.3) is 0 Å². The van der Waals surface area contributed by atoms with E-state index < -0.39 is 0 Å². The molecule has 2 atom stereocenters. The number of fused-ring (bicyclic) bond motifs is 3. The Morgan fingerprint density at radius 1 is 1.21 bits per heavy atom. The van der Waals surface area contributed by atoms with Crippen molar-refractivity contribution in [2.45, 2.75) is 18.7 Å². The highest BCUT2D eigenvalue weighted by atomic mass is 35.5. The van der Waals surface area contributed by atoms with Crippen LogP contribution < -0.4 is 4.74 Å². The molecule has 0 aliphatic carbocycles. The van der Waals surface area contributed by atoms with Gasteiger partial charge in [0.15, 0.2) is 0 Å². The van der Waals surface area contributed by atoms with Crippen molar-refractivity contribution in [1.29, 1.82) is 0 Å². The number of benzene rings is 1. The zero-order valence-corrected chi connectivity index (χ0v) is 14.1. The molecular weight excluding hydrogens is 344 g/mol. The highest BCUT2D eigenvalue weighted by molar-refractivity contribution is 7.10. The summed E-state index contributed by atoms with van der Waals surface area (Å²) in [5.74, 6) is 1.67. The number of hydrazone groups is 1. The number of rotatable bonds is 2. The van der Waals surface area contributed by atoms with Gasteiger partial charge in [-0.15, -0.1) is 11.3 Å². The lowest BCUT2D eigenvalue weighted by molar-refractivity contribution is -0.0165. The van der Waals surface area contributed by atoms with Gasteiger partial charge in [0.05, 0.1) is 17.2 Å². The van der Waals surface area contributed by atoms with Crippen molar-refractivity contribution in [3.05, 3.63) is 75.3 Å². The van der Waals surface area contributed by atoms with E-state index in [2.05, 4.69) is 11.4 Å². The third-order valence-electron chi connectivity index (χ3n) is 4.34. The number of ether oxygens (including phenoxy) is 1. The maximum atomic E-state index is 6.25. The van der Waals surface area contributed by atoms with Crippen molar-refractivity contribution >= 4 is 28.6 Å². The number of thiophene rings is 1. The highest BCUT2D eigenvalue weighted by Gasteiger charge is 2.41. The van der Waals surface area contributed by atoms with E-state index in [0.29, 0.717) is 5.02 Å². The molecule has 3 aromatic rings. The second-order valence-electron chi connectivity index (χ2n) is 5.79. The Bertz CT molecular complexity index is 905.